The highest BCUT2D eigenvalue weighted by Crippen LogP contribution is 2.38. The number of hydrogen-bond acceptors (Lipinski definition) is 7. The van der Waals surface area contributed by atoms with Crippen molar-refractivity contribution in [2.45, 2.75) is 38.4 Å². The Balaban J connectivity index is 1.72. The zero-order valence-electron chi connectivity index (χ0n) is 19.3. The molecule has 0 aliphatic carbocycles. The molecular formula is C23H27ClN8O2. The monoisotopic (exact) mass is 482 g/mol. The van der Waals surface area contributed by atoms with Gasteiger partial charge in [-0.25, -0.2) is 14.6 Å². The van der Waals surface area contributed by atoms with Crippen LogP contribution >= 0.6 is 11.6 Å². The molecule has 0 bridgehead atoms. The molecule has 1 saturated heterocycles. The molecule has 2 amide bonds. The minimum atomic E-state index is -0.331. The van der Waals surface area contributed by atoms with Gasteiger partial charge in [0.25, 0.3) is 0 Å². The number of amides is 2. The standard InChI is InChI=1S/C23H27ClN8O2/c1-5-18(33)31-13(2)6-9-17(31)32-23-20(21(25)26-12-27-23)22(29-32)28-16-8-7-14(10-15(16)24)11-19(34)30(3)4/h5,7-8,10,12-13,17H,1,6,9,11H2,2-4H3,(H,28,29)(H2,25,26,27)/t13-,17?/m1/s1. The van der Waals surface area contributed by atoms with Crippen LogP contribution < -0.4 is 11.1 Å². The highest BCUT2D eigenvalue weighted by molar-refractivity contribution is 6.33. The molecule has 2 aromatic heterocycles. The highest BCUT2D eigenvalue weighted by Gasteiger charge is 2.36. The summed E-state index contributed by atoms with van der Waals surface area (Å²) >= 11 is 6.52. The van der Waals surface area contributed by atoms with Crippen molar-refractivity contribution in [2.24, 2.45) is 0 Å². The molecule has 3 aromatic rings. The molecule has 0 radical (unpaired) electrons. The number of anilines is 3. The predicted molar refractivity (Wildman–Crippen MR) is 132 cm³/mol. The number of carbonyl (C=O) groups is 2. The fourth-order valence-corrected chi connectivity index (χ4v) is 4.44. The second kappa shape index (κ2) is 9.30. The number of fused-ring (bicyclic) bond motifs is 1. The number of nitrogens with two attached hydrogens (primary N) is 1. The topological polar surface area (TPSA) is 122 Å². The first-order valence-electron chi connectivity index (χ1n) is 10.9. The molecule has 4 rings (SSSR count). The number of nitrogen functional groups attached to an aromatic ring is 1. The van der Waals surface area contributed by atoms with Crippen LogP contribution in [0.4, 0.5) is 17.3 Å². The summed E-state index contributed by atoms with van der Waals surface area (Å²) in [7, 11) is 3.42. The molecule has 2 atom stereocenters. The summed E-state index contributed by atoms with van der Waals surface area (Å²) in [6, 6.07) is 5.40. The van der Waals surface area contributed by atoms with E-state index < -0.39 is 0 Å². The molecule has 0 spiro atoms. The lowest BCUT2D eigenvalue weighted by Gasteiger charge is -2.27. The molecule has 178 valence electrons. The van der Waals surface area contributed by atoms with Gasteiger partial charge in [-0.15, -0.1) is 0 Å². The Morgan fingerprint density at radius 3 is 2.76 bits per heavy atom. The van der Waals surface area contributed by atoms with Crippen molar-refractivity contribution in [3.05, 3.63) is 47.8 Å². The van der Waals surface area contributed by atoms with Crippen LogP contribution in [-0.4, -0.2) is 61.5 Å². The van der Waals surface area contributed by atoms with Gasteiger partial charge >= 0.3 is 0 Å². The average molecular weight is 483 g/mol. The lowest BCUT2D eigenvalue weighted by molar-refractivity contribution is -0.130. The number of carbonyl (C=O) groups excluding carboxylic acids is 2. The number of nitrogens with zero attached hydrogens (tertiary/aromatic N) is 6. The fraction of sp³-hybridized carbons (Fsp3) is 0.348. The van der Waals surface area contributed by atoms with Crippen molar-refractivity contribution in [3.8, 4) is 0 Å². The summed E-state index contributed by atoms with van der Waals surface area (Å²) in [5.41, 5.74) is 8.10. The van der Waals surface area contributed by atoms with Crippen molar-refractivity contribution >= 4 is 51.8 Å². The number of rotatable bonds is 6. The average Bonchev–Trinajstić information content (AvgIpc) is 3.36. The SMILES string of the molecule is C=CC(=O)N1C(n2nc(Nc3ccc(CC(=O)N(C)C)cc3Cl)c3c(N)ncnc32)CC[C@H]1C. The summed E-state index contributed by atoms with van der Waals surface area (Å²) < 4.78 is 1.71. The summed E-state index contributed by atoms with van der Waals surface area (Å²) in [5, 5.41) is 8.94. The van der Waals surface area contributed by atoms with Crippen molar-refractivity contribution in [2.75, 3.05) is 25.1 Å². The van der Waals surface area contributed by atoms with E-state index in [0.29, 0.717) is 27.6 Å². The third kappa shape index (κ3) is 4.28. The molecule has 1 aliphatic rings. The van der Waals surface area contributed by atoms with E-state index >= 15 is 0 Å². The minimum Gasteiger partial charge on any atom is -0.383 e. The lowest BCUT2D eigenvalue weighted by atomic mass is 10.1. The molecule has 3 N–H and O–H groups in total. The second-order valence-electron chi connectivity index (χ2n) is 8.51. The Morgan fingerprint density at radius 1 is 1.32 bits per heavy atom. The van der Waals surface area contributed by atoms with E-state index in [4.69, 9.17) is 22.4 Å². The molecule has 34 heavy (non-hydrogen) atoms. The fourth-order valence-electron chi connectivity index (χ4n) is 4.19. The van der Waals surface area contributed by atoms with Gasteiger partial charge in [0, 0.05) is 20.1 Å². The van der Waals surface area contributed by atoms with Crippen molar-refractivity contribution in [1.82, 2.24) is 29.5 Å². The van der Waals surface area contributed by atoms with E-state index in [1.165, 1.54) is 17.3 Å². The number of benzene rings is 1. The zero-order chi connectivity index (χ0) is 24.6. The van der Waals surface area contributed by atoms with Crippen molar-refractivity contribution in [3.63, 3.8) is 0 Å². The lowest BCUT2D eigenvalue weighted by Crippen LogP contribution is -2.37. The van der Waals surface area contributed by atoms with Crippen molar-refractivity contribution in [1.29, 1.82) is 0 Å². The summed E-state index contributed by atoms with van der Waals surface area (Å²) in [5.74, 6) is 0.505. The maximum absolute atomic E-state index is 12.6. The summed E-state index contributed by atoms with van der Waals surface area (Å²) in [4.78, 5) is 36.4. The van der Waals surface area contributed by atoms with E-state index in [-0.39, 0.29) is 36.3 Å². The smallest absolute Gasteiger partial charge is 0.247 e. The maximum Gasteiger partial charge on any atom is 0.247 e. The number of hydrogen-bond donors (Lipinski definition) is 2. The maximum atomic E-state index is 12.6. The Labute approximate surface area is 202 Å². The van der Waals surface area contributed by atoms with Crippen LogP contribution in [0.15, 0.2) is 37.2 Å². The molecule has 1 unspecified atom stereocenters. The summed E-state index contributed by atoms with van der Waals surface area (Å²) in [6.07, 6.45) is 4.15. The third-order valence-corrected chi connectivity index (χ3v) is 6.32. The van der Waals surface area contributed by atoms with E-state index in [2.05, 4.69) is 21.9 Å². The van der Waals surface area contributed by atoms with Gasteiger partial charge in [0.2, 0.25) is 11.8 Å². The molecular weight excluding hydrogens is 456 g/mol. The Kier molecular flexibility index (Phi) is 6.43. The third-order valence-electron chi connectivity index (χ3n) is 6.01. The molecule has 1 aromatic carbocycles. The first kappa shape index (κ1) is 23.5. The van der Waals surface area contributed by atoms with Gasteiger partial charge in [-0.3, -0.25) is 9.59 Å². The first-order valence-corrected chi connectivity index (χ1v) is 11.3. The van der Waals surface area contributed by atoms with Gasteiger partial charge in [0.05, 0.1) is 17.1 Å². The normalized spacial score (nSPS) is 17.7. The molecule has 0 saturated carbocycles. The van der Waals surface area contributed by atoms with Gasteiger partial charge in [-0.1, -0.05) is 24.2 Å². The molecule has 3 heterocycles. The molecule has 1 fully saturated rings. The van der Waals surface area contributed by atoms with Crippen molar-refractivity contribution < 1.29 is 9.59 Å². The minimum absolute atomic E-state index is 0.0177. The van der Waals surface area contributed by atoms with Crippen LogP contribution in [0, 0.1) is 0 Å². The number of halogens is 1. The van der Waals surface area contributed by atoms with E-state index in [0.717, 1.165) is 18.4 Å². The van der Waals surface area contributed by atoms with Gasteiger partial charge in [0.1, 0.15) is 23.7 Å². The Morgan fingerprint density at radius 2 is 2.09 bits per heavy atom. The number of aromatic nitrogens is 4. The zero-order valence-corrected chi connectivity index (χ0v) is 20.1. The molecule has 1 aliphatic heterocycles. The number of likely N-dealkylation sites (tertiary alicyclic amines) is 1. The number of likely N-dealkylation sites (N-methyl/N-ethyl adjacent to an activating group) is 1. The predicted octanol–water partition coefficient (Wildman–Crippen LogP) is 3.13. The van der Waals surface area contributed by atoms with Crippen LogP contribution in [0.5, 0.6) is 0 Å². The van der Waals surface area contributed by atoms with Crippen LogP contribution in [-0.2, 0) is 16.0 Å². The Hall–Kier alpha value is -3.66. The van der Waals surface area contributed by atoms with E-state index in [1.807, 2.05) is 13.0 Å². The van der Waals surface area contributed by atoms with E-state index in [1.54, 1.807) is 35.8 Å². The summed E-state index contributed by atoms with van der Waals surface area (Å²) in [6.45, 7) is 5.63. The van der Waals surface area contributed by atoms with Gasteiger partial charge in [-0.2, -0.15) is 5.10 Å². The van der Waals surface area contributed by atoms with Gasteiger partial charge in [-0.05, 0) is 43.5 Å². The molecule has 11 heteroatoms. The number of nitrogens with one attached hydrogen (secondary N) is 1. The second-order valence-corrected chi connectivity index (χ2v) is 8.92. The van der Waals surface area contributed by atoms with Crippen LogP contribution in [0.1, 0.15) is 31.5 Å². The highest BCUT2D eigenvalue weighted by atomic mass is 35.5. The first-order chi connectivity index (χ1) is 16.2. The largest absolute Gasteiger partial charge is 0.383 e. The molecule has 10 nitrogen and oxygen atoms in total. The van der Waals surface area contributed by atoms with Gasteiger partial charge < -0.3 is 20.9 Å². The van der Waals surface area contributed by atoms with Gasteiger partial charge in [0.15, 0.2) is 11.5 Å². The van der Waals surface area contributed by atoms with Crippen LogP contribution in [0.25, 0.3) is 11.0 Å². The van der Waals surface area contributed by atoms with E-state index in [9.17, 15) is 9.59 Å². The van der Waals surface area contributed by atoms with Crippen LogP contribution in [0.3, 0.4) is 0 Å². The van der Waals surface area contributed by atoms with Crippen LogP contribution in [0.2, 0.25) is 5.02 Å². The quantitative estimate of drug-likeness (QED) is 0.517. The Bertz CT molecular complexity index is 1270.